The Balaban J connectivity index is 1.54. The fourth-order valence-corrected chi connectivity index (χ4v) is 4.43. The molecule has 5 heteroatoms. The molecule has 148 valence electrons. The Hall–Kier alpha value is -2.04. The second-order valence-electron chi connectivity index (χ2n) is 8.36. The largest absolute Gasteiger partial charge is 0.490 e. The van der Waals surface area contributed by atoms with Crippen LogP contribution in [0, 0.1) is 17.8 Å². The average molecular weight is 373 g/mol. The topological polar surface area (TPSA) is 58.6 Å². The molecule has 27 heavy (non-hydrogen) atoms. The van der Waals surface area contributed by atoms with Crippen LogP contribution in [0.2, 0.25) is 0 Å². The molecule has 0 spiro atoms. The smallest absolute Gasteiger partial charge is 0.227 e. The molecule has 0 radical (unpaired) electrons. The molecule has 1 fully saturated rings. The van der Waals surface area contributed by atoms with E-state index < -0.39 is 0 Å². The van der Waals surface area contributed by atoms with Crippen molar-refractivity contribution in [3.8, 4) is 5.75 Å². The third kappa shape index (κ3) is 4.82. The highest BCUT2D eigenvalue weighted by Crippen LogP contribution is 2.34. The van der Waals surface area contributed by atoms with E-state index in [0.717, 1.165) is 17.9 Å². The average Bonchev–Trinajstić information content (AvgIpc) is 2.65. The fraction of sp³-hybridized carbons (Fsp3) is 0.636. The zero-order chi connectivity index (χ0) is 19.4. The van der Waals surface area contributed by atoms with Crippen molar-refractivity contribution in [1.82, 2.24) is 5.32 Å². The van der Waals surface area contributed by atoms with Gasteiger partial charge in [-0.15, -0.1) is 0 Å². The van der Waals surface area contributed by atoms with E-state index in [2.05, 4.69) is 26.1 Å². The van der Waals surface area contributed by atoms with Crippen LogP contribution in [0.1, 0.15) is 52.9 Å². The van der Waals surface area contributed by atoms with E-state index in [9.17, 15) is 9.59 Å². The molecule has 1 saturated carbocycles. The molecule has 1 aliphatic carbocycles. The lowest BCUT2D eigenvalue weighted by atomic mass is 9.74. The summed E-state index contributed by atoms with van der Waals surface area (Å²) in [4.78, 5) is 26.9. The molecular weight excluding hydrogens is 340 g/mol. The van der Waals surface area contributed by atoms with Gasteiger partial charge in [-0.1, -0.05) is 39.3 Å². The number of fused-ring (bicyclic) bond motifs is 1. The van der Waals surface area contributed by atoms with E-state index in [1.165, 1.54) is 12.8 Å². The van der Waals surface area contributed by atoms with Crippen molar-refractivity contribution in [3.63, 3.8) is 0 Å². The lowest BCUT2D eigenvalue weighted by molar-refractivity contribution is -0.126. The molecule has 2 amide bonds. The SMILES string of the molecule is CC1CCC(C(C)C)C(NC(=O)CCC(=O)N2CCOc3ccccc32)C1. The van der Waals surface area contributed by atoms with Gasteiger partial charge in [0.1, 0.15) is 12.4 Å². The highest BCUT2D eigenvalue weighted by atomic mass is 16.5. The van der Waals surface area contributed by atoms with Gasteiger partial charge in [0.25, 0.3) is 0 Å². The Morgan fingerprint density at radius 2 is 2.00 bits per heavy atom. The first kappa shape index (κ1) is 19.7. The second kappa shape index (κ2) is 8.77. The number of carbonyl (C=O) groups excluding carboxylic acids is 2. The van der Waals surface area contributed by atoms with E-state index in [4.69, 9.17) is 4.74 Å². The van der Waals surface area contributed by atoms with Gasteiger partial charge in [0.2, 0.25) is 11.8 Å². The third-order valence-corrected chi connectivity index (χ3v) is 5.96. The maximum atomic E-state index is 12.7. The highest BCUT2D eigenvalue weighted by molar-refractivity contribution is 5.97. The van der Waals surface area contributed by atoms with Crippen LogP contribution >= 0.6 is 0 Å². The Morgan fingerprint density at radius 1 is 1.22 bits per heavy atom. The van der Waals surface area contributed by atoms with E-state index in [1.807, 2.05) is 24.3 Å². The first-order valence-corrected chi connectivity index (χ1v) is 10.3. The van der Waals surface area contributed by atoms with Gasteiger partial charge >= 0.3 is 0 Å². The van der Waals surface area contributed by atoms with Crippen LogP contribution in [0.3, 0.4) is 0 Å². The Labute approximate surface area is 162 Å². The minimum Gasteiger partial charge on any atom is -0.490 e. The number of rotatable bonds is 5. The van der Waals surface area contributed by atoms with Gasteiger partial charge < -0.3 is 15.0 Å². The number of nitrogens with one attached hydrogen (secondary N) is 1. The van der Waals surface area contributed by atoms with Crippen molar-refractivity contribution in [2.24, 2.45) is 17.8 Å². The van der Waals surface area contributed by atoms with Crippen molar-refractivity contribution in [1.29, 1.82) is 0 Å². The number of hydrogen-bond acceptors (Lipinski definition) is 3. The summed E-state index contributed by atoms with van der Waals surface area (Å²) >= 11 is 0. The third-order valence-electron chi connectivity index (χ3n) is 5.96. The molecule has 1 aliphatic heterocycles. The monoisotopic (exact) mass is 372 g/mol. The summed E-state index contributed by atoms with van der Waals surface area (Å²) in [5, 5.41) is 3.22. The Kier molecular flexibility index (Phi) is 6.40. The summed E-state index contributed by atoms with van der Waals surface area (Å²) in [6, 6.07) is 7.80. The van der Waals surface area contributed by atoms with Crippen LogP contribution in [0.4, 0.5) is 5.69 Å². The maximum absolute atomic E-state index is 12.7. The van der Waals surface area contributed by atoms with Crippen molar-refractivity contribution in [2.75, 3.05) is 18.1 Å². The molecule has 3 rings (SSSR count). The number of carbonyl (C=O) groups is 2. The van der Waals surface area contributed by atoms with E-state index >= 15 is 0 Å². The molecule has 1 aromatic rings. The van der Waals surface area contributed by atoms with Crippen LogP contribution in [-0.4, -0.2) is 31.0 Å². The number of hydrogen-bond donors (Lipinski definition) is 1. The first-order chi connectivity index (χ1) is 13.0. The minimum atomic E-state index is -0.0154. The number of nitrogens with zero attached hydrogens (tertiary/aromatic N) is 1. The molecular formula is C22H32N2O3. The lowest BCUT2D eigenvalue weighted by Gasteiger charge is -2.37. The summed E-state index contributed by atoms with van der Waals surface area (Å²) in [6.45, 7) is 7.76. The van der Waals surface area contributed by atoms with Gasteiger partial charge in [-0.25, -0.2) is 0 Å². The predicted octanol–water partition coefficient (Wildman–Crippen LogP) is 3.77. The number of anilines is 1. The molecule has 3 unspecified atom stereocenters. The number of para-hydroxylation sites is 2. The molecule has 1 aromatic carbocycles. The molecule has 3 atom stereocenters. The molecule has 0 aromatic heterocycles. The second-order valence-corrected chi connectivity index (χ2v) is 8.36. The number of amides is 2. The number of benzene rings is 1. The zero-order valence-electron chi connectivity index (χ0n) is 16.7. The van der Waals surface area contributed by atoms with Crippen LogP contribution in [-0.2, 0) is 9.59 Å². The molecule has 1 N–H and O–H groups in total. The predicted molar refractivity (Wildman–Crippen MR) is 107 cm³/mol. The fourth-order valence-electron chi connectivity index (χ4n) is 4.43. The summed E-state index contributed by atoms with van der Waals surface area (Å²) in [6.07, 6.45) is 3.93. The summed E-state index contributed by atoms with van der Waals surface area (Å²) in [7, 11) is 0. The van der Waals surface area contributed by atoms with Gasteiger partial charge in [-0.3, -0.25) is 9.59 Å². The maximum Gasteiger partial charge on any atom is 0.227 e. The Bertz CT molecular complexity index is 673. The summed E-state index contributed by atoms with van der Waals surface area (Å²) in [5.74, 6) is 2.46. The summed E-state index contributed by atoms with van der Waals surface area (Å²) in [5.41, 5.74) is 0.801. The highest BCUT2D eigenvalue weighted by Gasteiger charge is 2.32. The van der Waals surface area contributed by atoms with Gasteiger partial charge in [-0.05, 0) is 42.7 Å². The van der Waals surface area contributed by atoms with E-state index in [1.54, 1.807) is 4.90 Å². The standard InChI is InChI=1S/C22H32N2O3/c1-15(2)17-9-8-16(3)14-18(17)23-21(25)10-11-22(26)24-12-13-27-20-7-5-4-6-19(20)24/h4-7,15-18H,8-14H2,1-3H3,(H,23,25). The van der Waals surface area contributed by atoms with Crippen LogP contribution in [0.25, 0.3) is 0 Å². The quantitative estimate of drug-likeness (QED) is 0.856. The van der Waals surface area contributed by atoms with Crippen molar-refractivity contribution >= 4 is 17.5 Å². The molecule has 2 aliphatic rings. The first-order valence-electron chi connectivity index (χ1n) is 10.3. The van der Waals surface area contributed by atoms with E-state index in [-0.39, 0.29) is 30.7 Å². The van der Waals surface area contributed by atoms with Crippen molar-refractivity contribution in [2.45, 2.75) is 58.9 Å². The van der Waals surface area contributed by atoms with E-state index in [0.29, 0.717) is 30.9 Å². The summed E-state index contributed by atoms with van der Waals surface area (Å²) < 4.78 is 5.60. The van der Waals surface area contributed by atoms with Gasteiger partial charge in [0.05, 0.1) is 12.2 Å². The minimum absolute atomic E-state index is 0.00496. The normalized spacial score (nSPS) is 24.9. The van der Waals surface area contributed by atoms with Crippen LogP contribution < -0.4 is 15.0 Å². The lowest BCUT2D eigenvalue weighted by Crippen LogP contribution is -2.46. The molecule has 1 heterocycles. The van der Waals surface area contributed by atoms with Crippen LogP contribution in [0.5, 0.6) is 5.75 Å². The van der Waals surface area contributed by atoms with Gasteiger partial charge in [-0.2, -0.15) is 0 Å². The van der Waals surface area contributed by atoms with Gasteiger partial charge in [0, 0.05) is 18.9 Å². The van der Waals surface area contributed by atoms with Crippen LogP contribution in [0.15, 0.2) is 24.3 Å². The molecule has 0 bridgehead atoms. The Morgan fingerprint density at radius 3 is 2.78 bits per heavy atom. The molecule has 0 saturated heterocycles. The van der Waals surface area contributed by atoms with Crippen molar-refractivity contribution < 1.29 is 14.3 Å². The van der Waals surface area contributed by atoms with Gasteiger partial charge in [0.15, 0.2) is 0 Å². The number of ether oxygens (including phenoxy) is 1. The zero-order valence-corrected chi connectivity index (χ0v) is 16.7. The van der Waals surface area contributed by atoms with Crippen molar-refractivity contribution in [3.05, 3.63) is 24.3 Å². The molecule has 5 nitrogen and oxygen atoms in total.